The number of fused-ring (bicyclic) bond motifs is 1. The maximum absolute atomic E-state index is 5.30. The van der Waals surface area contributed by atoms with Crippen molar-refractivity contribution in [1.82, 2.24) is 15.1 Å². The van der Waals surface area contributed by atoms with E-state index in [4.69, 9.17) is 4.52 Å². The lowest BCUT2D eigenvalue weighted by molar-refractivity contribution is 0.423. The van der Waals surface area contributed by atoms with Gasteiger partial charge in [0.25, 0.3) is 5.89 Å². The number of aromatic amines is 1. The molecule has 1 N–H and O–H groups in total. The van der Waals surface area contributed by atoms with Crippen molar-refractivity contribution in [2.75, 3.05) is 0 Å². The first-order chi connectivity index (χ1) is 8.40. The van der Waals surface area contributed by atoms with Gasteiger partial charge in [-0.25, -0.2) is 0 Å². The first-order valence-electron chi connectivity index (χ1n) is 5.81. The molecule has 0 saturated heterocycles. The summed E-state index contributed by atoms with van der Waals surface area (Å²) >= 11 is 0. The van der Waals surface area contributed by atoms with Crippen molar-refractivity contribution in [3.63, 3.8) is 0 Å². The third-order valence-electron chi connectivity index (χ3n) is 3.19. The summed E-state index contributed by atoms with van der Waals surface area (Å²) in [5.41, 5.74) is 2.06. The second-order valence-corrected chi connectivity index (χ2v) is 4.51. The Kier molecular flexibility index (Phi) is 1.69. The van der Waals surface area contributed by atoms with Gasteiger partial charge in [0.2, 0.25) is 0 Å². The van der Waals surface area contributed by atoms with Crippen LogP contribution in [-0.2, 0) is 0 Å². The van der Waals surface area contributed by atoms with E-state index in [1.165, 1.54) is 18.2 Å². The summed E-state index contributed by atoms with van der Waals surface area (Å²) in [6.45, 7) is 0. The molecule has 2 heterocycles. The lowest BCUT2D eigenvalue weighted by Gasteiger charge is -1.94. The summed E-state index contributed by atoms with van der Waals surface area (Å²) in [6.07, 6.45) is 4.31. The molecule has 0 unspecified atom stereocenters. The zero-order valence-electron chi connectivity index (χ0n) is 9.18. The number of hydrogen-bond donors (Lipinski definition) is 1. The first-order valence-corrected chi connectivity index (χ1v) is 5.81. The molecule has 4 nitrogen and oxygen atoms in total. The number of rotatable bonds is 2. The number of aromatic nitrogens is 3. The van der Waals surface area contributed by atoms with E-state index in [0.717, 1.165) is 16.9 Å². The van der Waals surface area contributed by atoms with E-state index < -0.39 is 0 Å². The van der Waals surface area contributed by atoms with Crippen molar-refractivity contribution < 1.29 is 4.52 Å². The molecule has 0 radical (unpaired) electrons. The molecule has 1 aliphatic rings. The minimum atomic E-state index is 0.529. The van der Waals surface area contributed by atoms with E-state index >= 15 is 0 Å². The molecule has 84 valence electrons. The SMILES string of the molecule is c1cc2ccc(-c3nc(C4CC4)no3)cc2[nH]1. The van der Waals surface area contributed by atoms with Crippen LogP contribution in [0, 0.1) is 0 Å². The molecule has 4 rings (SSSR count). The smallest absolute Gasteiger partial charge is 0.258 e. The van der Waals surface area contributed by atoms with Crippen LogP contribution >= 0.6 is 0 Å². The maximum Gasteiger partial charge on any atom is 0.258 e. The molecule has 4 heteroatoms. The Morgan fingerprint density at radius 3 is 3.06 bits per heavy atom. The van der Waals surface area contributed by atoms with Crippen molar-refractivity contribution in [2.45, 2.75) is 18.8 Å². The second kappa shape index (κ2) is 3.20. The topological polar surface area (TPSA) is 54.7 Å². The van der Waals surface area contributed by atoms with Crippen molar-refractivity contribution >= 4 is 10.9 Å². The molecule has 0 aliphatic heterocycles. The highest BCUT2D eigenvalue weighted by molar-refractivity contribution is 5.83. The highest BCUT2D eigenvalue weighted by Crippen LogP contribution is 2.38. The number of hydrogen-bond acceptors (Lipinski definition) is 3. The zero-order chi connectivity index (χ0) is 11.2. The highest BCUT2D eigenvalue weighted by atomic mass is 16.5. The Balaban J connectivity index is 1.80. The summed E-state index contributed by atoms with van der Waals surface area (Å²) < 4.78 is 5.30. The van der Waals surface area contributed by atoms with Gasteiger partial charge in [-0.3, -0.25) is 0 Å². The fraction of sp³-hybridized carbons (Fsp3) is 0.231. The van der Waals surface area contributed by atoms with Crippen molar-refractivity contribution in [1.29, 1.82) is 0 Å². The van der Waals surface area contributed by atoms with E-state index in [1.54, 1.807) is 0 Å². The Hall–Kier alpha value is -2.10. The minimum absolute atomic E-state index is 0.529. The van der Waals surface area contributed by atoms with Gasteiger partial charge in [-0.05, 0) is 36.4 Å². The molecular formula is C13H11N3O. The number of H-pyrrole nitrogens is 1. The van der Waals surface area contributed by atoms with Gasteiger partial charge in [0.1, 0.15) is 0 Å². The molecule has 17 heavy (non-hydrogen) atoms. The predicted octanol–water partition coefficient (Wildman–Crippen LogP) is 3.10. The average Bonchev–Trinajstić information content (AvgIpc) is 2.93. The summed E-state index contributed by atoms with van der Waals surface area (Å²) in [6, 6.07) is 8.16. The van der Waals surface area contributed by atoms with Gasteiger partial charge in [0.15, 0.2) is 5.82 Å². The molecule has 3 aromatic rings. The molecule has 0 atom stereocenters. The summed E-state index contributed by atoms with van der Waals surface area (Å²) in [4.78, 5) is 7.62. The van der Waals surface area contributed by atoms with Crippen LogP contribution in [0.15, 0.2) is 35.0 Å². The van der Waals surface area contributed by atoms with Crippen LogP contribution < -0.4 is 0 Å². The molecule has 1 aliphatic carbocycles. The Morgan fingerprint density at radius 2 is 2.18 bits per heavy atom. The second-order valence-electron chi connectivity index (χ2n) is 4.51. The maximum atomic E-state index is 5.30. The van der Waals surface area contributed by atoms with Crippen LogP contribution in [0.25, 0.3) is 22.4 Å². The lowest BCUT2D eigenvalue weighted by Crippen LogP contribution is -1.82. The third kappa shape index (κ3) is 1.45. The molecular weight excluding hydrogens is 214 g/mol. The molecule has 0 bridgehead atoms. The van der Waals surface area contributed by atoms with Gasteiger partial charge in [-0.2, -0.15) is 4.98 Å². The summed E-state index contributed by atoms with van der Waals surface area (Å²) in [7, 11) is 0. The summed E-state index contributed by atoms with van der Waals surface area (Å²) in [5.74, 6) is 2.00. The van der Waals surface area contributed by atoms with Gasteiger partial charge >= 0.3 is 0 Å². The fourth-order valence-electron chi connectivity index (χ4n) is 2.04. The third-order valence-corrected chi connectivity index (χ3v) is 3.19. The predicted molar refractivity (Wildman–Crippen MR) is 63.6 cm³/mol. The Morgan fingerprint density at radius 1 is 1.24 bits per heavy atom. The largest absolute Gasteiger partial charge is 0.361 e. The highest BCUT2D eigenvalue weighted by Gasteiger charge is 2.28. The van der Waals surface area contributed by atoms with E-state index in [-0.39, 0.29) is 0 Å². The molecule has 0 spiro atoms. The van der Waals surface area contributed by atoms with E-state index in [1.807, 2.05) is 24.4 Å². The molecule has 1 fully saturated rings. The van der Waals surface area contributed by atoms with E-state index in [0.29, 0.717) is 11.8 Å². The van der Waals surface area contributed by atoms with Crippen LogP contribution in [0.3, 0.4) is 0 Å². The van der Waals surface area contributed by atoms with Crippen LogP contribution in [0.4, 0.5) is 0 Å². The summed E-state index contributed by atoms with van der Waals surface area (Å²) in [5, 5.41) is 5.22. The Bertz CT molecular complexity index is 679. The minimum Gasteiger partial charge on any atom is -0.361 e. The van der Waals surface area contributed by atoms with Crippen molar-refractivity contribution in [3.05, 3.63) is 36.3 Å². The lowest BCUT2D eigenvalue weighted by atomic mass is 10.1. The number of benzene rings is 1. The van der Waals surface area contributed by atoms with E-state index in [9.17, 15) is 0 Å². The molecule has 1 aromatic carbocycles. The molecule has 1 saturated carbocycles. The van der Waals surface area contributed by atoms with Crippen molar-refractivity contribution in [3.8, 4) is 11.5 Å². The first kappa shape index (κ1) is 8.98. The van der Waals surface area contributed by atoms with Crippen LogP contribution in [0.1, 0.15) is 24.6 Å². The van der Waals surface area contributed by atoms with E-state index in [2.05, 4.69) is 21.2 Å². The van der Waals surface area contributed by atoms with Gasteiger partial charge < -0.3 is 9.51 Å². The Labute approximate surface area is 97.7 Å². The quantitative estimate of drug-likeness (QED) is 0.729. The normalized spacial score (nSPS) is 15.5. The van der Waals surface area contributed by atoms with Gasteiger partial charge in [0.05, 0.1) is 0 Å². The molecule has 2 aromatic heterocycles. The number of nitrogens with one attached hydrogen (secondary N) is 1. The van der Waals surface area contributed by atoms with Gasteiger partial charge in [-0.1, -0.05) is 11.2 Å². The van der Waals surface area contributed by atoms with Crippen LogP contribution in [0.2, 0.25) is 0 Å². The average molecular weight is 225 g/mol. The van der Waals surface area contributed by atoms with Gasteiger partial charge in [0, 0.05) is 23.2 Å². The van der Waals surface area contributed by atoms with Crippen molar-refractivity contribution in [2.24, 2.45) is 0 Å². The van der Waals surface area contributed by atoms with Gasteiger partial charge in [-0.15, -0.1) is 0 Å². The molecule has 0 amide bonds. The van der Waals surface area contributed by atoms with Crippen LogP contribution in [-0.4, -0.2) is 15.1 Å². The number of nitrogens with zero attached hydrogens (tertiary/aromatic N) is 2. The van der Waals surface area contributed by atoms with Crippen LogP contribution in [0.5, 0.6) is 0 Å². The monoisotopic (exact) mass is 225 g/mol. The zero-order valence-corrected chi connectivity index (χ0v) is 9.18. The fourth-order valence-corrected chi connectivity index (χ4v) is 2.04. The standard InChI is InChI=1S/C13H11N3O/c1-4-10(7-11-8(1)5-6-14-11)13-15-12(16-17-13)9-2-3-9/h1,4-7,9,14H,2-3H2.